The normalized spacial score (nSPS) is 21.4. The van der Waals surface area contributed by atoms with Gasteiger partial charge in [-0.1, -0.05) is 206 Å². The average Bonchev–Trinajstić information content (AvgIpc) is 3.28. The second kappa shape index (κ2) is 40.6. The highest BCUT2D eigenvalue weighted by atomic mass is 31.2. The van der Waals surface area contributed by atoms with E-state index in [4.69, 9.17) is 18.5 Å². The number of carbonyl (C=O) groups is 2. The number of esters is 2. The third-order valence-electron chi connectivity index (χ3n) is 12.5. The van der Waals surface area contributed by atoms with E-state index in [1.807, 2.05) is 6.08 Å². The molecule has 1 aliphatic carbocycles. The van der Waals surface area contributed by atoms with Crippen LogP contribution in [0.2, 0.25) is 0 Å². The molecule has 6 N–H and O–H groups in total. The van der Waals surface area contributed by atoms with Crippen molar-refractivity contribution in [1.29, 1.82) is 0 Å². The molecule has 0 aromatic carbocycles. The molecule has 14 heteroatoms. The Morgan fingerprint density at radius 2 is 0.828 bits per heavy atom. The molecule has 64 heavy (non-hydrogen) atoms. The maximum atomic E-state index is 12.8. The third kappa shape index (κ3) is 32.3. The first kappa shape index (κ1) is 60.6. The second-order valence-corrected chi connectivity index (χ2v) is 19.9. The van der Waals surface area contributed by atoms with Crippen molar-refractivity contribution in [2.75, 3.05) is 13.2 Å². The highest BCUT2D eigenvalue weighted by Crippen LogP contribution is 2.47. The van der Waals surface area contributed by atoms with Gasteiger partial charge in [-0.25, -0.2) is 4.57 Å². The van der Waals surface area contributed by atoms with Gasteiger partial charge in [0.2, 0.25) is 0 Å². The first-order chi connectivity index (χ1) is 30.9. The van der Waals surface area contributed by atoms with Crippen molar-refractivity contribution in [3.63, 3.8) is 0 Å². The average molecular weight is 935 g/mol. The molecule has 1 rings (SSSR count). The number of phosphoric acid groups is 1. The van der Waals surface area contributed by atoms with Gasteiger partial charge in [-0.15, -0.1) is 6.58 Å². The molecule has 378 valence electrons. The van der Waals surface area contributed by atoms with Crippen molar-refractivity contribution in [1.82, 2.24) is 0 Å². The first-order valence-corrected chi connectivity index (χ1v) is 27.4. The van der Waals surface area contributed by atoms with Crippen LogP contribution < -0.4 is 0 Å². The van der Waals surface area contributed by atoms with E-state index in [9.17, 15) is 44.6 Å². The molecule has 0 bridgehead atoms. The molecule has 0 aromatic rings. The van der Waals surface area contributed by atoms with Gasteiger partial charge in [0.25, 0.3) is 0 Å². The van der Waals surface area contributed by atoms with Crippen LogP contribution in [0.3, 0.4) is 0 Å². The van der Waals surface area contributed by atoms with Crippen molar-refractivity contribution < 1.29 is 63.1 Å². The van der Waals surface area contributed by atoms with Crippen LogP contribution in [-0.2, 0) is 32.7 Å². The number of phosphoric ester groups is 1. The summed E-state index contributed by atoms with van der Waals surface area (Å²) in [7, 11) is -5.12. The predicted octanol–water partition coefficient (Wildman–Crippen LogP) is 11.0. The Hall–Kier alpha value is -1.41. The smallest absolute Gasteiger partial charge is 0.462 e. The number of ether oxygens (including phenoxy) is 2. The number of aliphatic hydroxyl groups is 5. The second-order valence-electron chi connectivity index (χ2n) is 18.5. The minimum Gasteiger partial charge on any atom is -0.462 e. The van der Waals surface area contributed by atoms with E-state index in [0.29, 0.717) is 12.8 Å². The quantitative estimate of drug-likeness (QED) is 0.0145. The Labute approximate surface area is 388 Å². The number of unbranched alkanes of at least 4 members (excludes halogenated alkanes) is 32. The number of allylic oxidation sites excluding steroid dienone is 1. The fourth-order valence-corrected chi connectivity index (χ4v) is 9.30. The van der Waals surface area contributed by atoms with Gasteiger partial charge in [-0.05, 0) is 25.7 Å². The highest BCUT2D eigenvalue weighted by molar-refractivity contribution is 7.47. The molecule has 0 aromatic heterocycles. The summed E-state index contributed by atoms with van der Waals surface area (Å²) < 4.78 is 33.6. The van der Waals surface area contributed by atoms with E-state index in [0.717, 1.165) is 44.9 Å². The van der Waals surface area contributed by atoms with Crippen LogP contribution in [0.25, 0.3) is 0 Å². The van der Waals surface area contributed by atoms with Crippen molar-refractivity contribution in [2.24, 2.45) is 0 Å². The molecule has 0 spiro atoms. The van der Waals surface area contributed by atoms with Gasteiger partial charge in [0.05, 0.1) is 6.61 Å². The number of hydrogen-bond acceptors (Lipinski definition) is 12. The topological polar surface area (TPSA) is 210 Å². The van der Waals surface area contributed by atoms with Crippen LogP contribution in [0.15, 0.2) is 12.7 Å². The SMILES string of the molecule is C=CCCCCCCCCCCCCCCCC(=O)OC[C@H](COP(=O)(O)OC1C(O)C(O)C(O)[C@@H](O)C1O)OC(=O)CCCCCCCCCCCCCCCCCCCCCC. The van der Waals surface area contributed by atoms with Crippen LogP contribution in [0.5, 0.6) is 0 Å². The standard InChI is InChI=1S/C50H95O13P/c1-3-5-7-9-11-13-15-17-19-20-21-22-23-25-27-29-31-33-35-37-39-44(52)62-42(41-61-64(58,59)63-50-48(56)46(54)45(53)47(55)49(50)57)40-60-43(51)38-36-34-32-30-28-26-24-18-16-14-12-10-8-6-4-2/h4,42,45-50,53-57H,2-3,5-41H2,1H3,(H,58,59)/t42-,45?,46-,47?,48?,49?,50?/m1/s1. The zero-order chi connectivity index (χ0) is 47.1. The van der Waals surface area contributed by atoms with E-state index in [2.05, 4.69) is 13.5 Å². The molecular formula is C50H95O13P. The maximum Gasteiger partial charge on any atom is 0.472 e. The lowest BCUT2D eigenvalue weighted by Gasteiger charge is -2.41. The molecule has 0 radical (unpaired) electrons. The van der Waals surface area contributed by atoms with Gasteiger partial charge >= 0.3 is 19.8 Å². The zero-order valence-electron chi connectivity index (χ0n) is 40.2. The summed E-state index contributed by atoms with van der Waals surface area (Å²) in [4.78, 5) is 35.8. The largest absolute Gasteiger partial charge is 0.472 e. The van der Waals surface area contributed by atoms with Crippen molar-refractivity contribution >= 4 is 19.8 Å². The van der Waals surface area contributed by atoms with Gasteiger partial charge < -0.3 is 39.9 Å². The van der Waals surface area contributed by atoms with Gasteiger partial charge in [0, 0.05) is 12.8 Å². The minimum absolute atomic E-state index is 0.103. The summed E-state index contributed by atoms with van der Waals surface area (Å²) in [6, 6.07) is 0. The Bertz CT molecular complexity index is 1160. The predicted molar refractivity (Wildman–Crippen MR) is 254 cm³/mol. The molecule has 8 atom stereocenters. The molecule has 0 amide bonds. The zero-order valence-corrected chi connectivity index (χ0v) is 41.1. The van der Waals surface area contributed by atoms with Crippen molar-refractivity contribution in [3.8, 4) is 0 Å². The van der Waals surface area contributed by atoms with E-state index in [1.165, 1.54) is 161 Å². The van der Waals surface area contributed by atoms with Crippen molar-refractivity contribution in [3.05, 3.63) is 12.7 Å². The Balaban J connectivity index is 2.36. The number of aliphatic hydroxyl groups excluding tert-OH is 5. The Kier molecular flexibility index (Phi) is 38.5. The number of hydrogen-bond donors (Lipinski definition) is 6. The summed E-state index contributed by atoms with van der Waals surface area (Å²) in [5.41, 5.74) is 0. The van der Waals surface area contributed by atoms with Crippen LogP contribution in [-0.4, -0.2) is 98.3 Å². The van der Waals surface area contributed by atoms with Crippen molar-refractivity contribution in [2.45, 2.75) is 281 Å². The molecule has 1 fully saturated rings. The molecule has 1 saturated carbocycles. The van der Waals surface area contributed by atoms with Gasteiger partial charge in [-0.2, -0.15) is 0 Å². The number of carbonyl (C=O) groups excluding carboxylic acids is 2. The highest BCUT2D eigenvalue weighted by Gasteiger charge is 2.51. The van der Waals surface area contributed by atoms with Crippen LogP contribution in [0.1, 0.15) is 238 Å². The lowest BCUT2D eigenvalue weighted by atomic mass is 9.85. The molecule has 0 saturated heterocycles. The molecule has 1 aliphatic rings. The van der Waals surface area contributed by atoms with Crippen LogP contribution in [0, 0.1) is 0 Å². The monoisotopic (exact) mass is 935 g/mol. The third-order valence-corrected chi connectivity index (χ3v) is 13.5. The van der Waals surface area contributed by atoms with E-state index < -0.39 is 75.7 Å². The fourth-order valence-electron chi connectivity index (χ4n) is 8.33. The first-order valence-electron chi connectivity index (χ1n) is 26.0. The lowest BCUT2D eigenvalue weighted by Crippen LogP contribution is -2.64. The number of rotatable bonds is 45. The van der Waals surface area contributed by atoms with Crippen LogP contribution in [0.4, 0.5) is 0 Å². The molecule has 13 nitrogen and oxygen atoms in total. The molecule has 0 heterocycles. The van der Waals surface area contributed by atoms with E-state index >= 15 is 0 Å². The van der Waals surface area contributed by atoms with Gasteiger partial charge in [-0.3, -0.25) is 18.6 Å². The Morgan fingerprint density at radius 3 is 1.20 bits per heavy atom. The van der Waals surface area contributed by atoms with E-state index in [1.54, 1.807) is 0 Å². The Morgan fingerprint density at radius 1 is 0.500 bits per heavy atom. The molecule has 0 aliphatic heterocycles. The summed E-state index contributed by atoms with van der Waals surface area (Å²) >= 11 is 0. The molecule has 6 unspecified atom stereocenters. The fraction of sp³-hybridized carbons (Fsp3) is 0.920. The van der Waals surface area contributed by atoms with Gasteiger partial charge in [0.1, 0.15) is 43.2 Å². The summed E-state index contributed by atoms with van der Waals surface area (Å²) in [5, 5.41) is 50.2. The summed E-state index contributed by atoms with van der Waals surface area (Å²) in [6.07, 6.45) is 30.1. The van der Waals surface area contributed by atoms with Crippen LogP contribution >= 0.6 is 7.82 Å². The summed E-state index contributed by atoms with van der Waals surface area (Å²) in [5.74, 6) is -1.09. The summed E-state index contributed by atoms with van der Waals surface area (Å²) in [6.45, 7) is 4.87. The minimum atomic E-state index is -5.12. The molecular weight excluding hydrogens is 840 g/mol. The van der Waals surface area contributed by atoms with Gasteiger partial charge in [0.15, 0.2) is 6.10 Å². The maximum absolute atomic E-state index is 12.8. The van der Waals surface area contributed by atoms with E-state index in [-0.39, 0.29) is 12.8 Å². The lowest BCUT2D eigenvalue weighted by molar-refractivity contribution is -0.220.